The summed E-state index contributed by atoms with van der Waals surface area (Å²) in [5.41, 5.74) is 5.10. The van der Waals surface area contributed by atoms with Crippen LogP contribution in [0.3, 0.4) is 0 Å². The van der Waals surface area contributed by atoms with Crippen LogP contribution >= 0.6 is 0 Å². The number of allylic oxidation sites excluding steroid dienone is 1. The van der Waals surface area contributed by atoms with Gasteiger partial charge in [-0.15, -0.1) is 0 Å². The molecule has 182 valence electrons. The Kier molecular flexibility index (Phi) is 8.82. The van der Waals surface area contributed by atoms with E-state index in [0.29, 0.717) is 16.7 Å². The number of hydrogen-bond acceptors (Lipinski definition) is 6. The topological polar surface area (TPSA) is 117 Å². The van der Waals surface area contributed by atoms with Gasteiger partial charge in [0.15, 0.2) is 0 Å². The summed E-state index contributed by atoms with van der Waals surface area (Å²) in [5.74, 6) is -1.05. The van der Waals surface area contributed by atoms with Gasteiger partial charge in [-0.3, -0.25) is 19.7 Å². The van der Waals surface area contributed by atoms with E-state index in [0.717, 1.165) is 5.69 Å². The number of nitro benzene ring substituents is 1. The van der Waals surface area contributed by atoms with Crippen LogP contribution in [0.2, 0.25) is 0 Å². The molecular weight excluding hydrogens is 458 g/mol. The zero-order chi connectivity index (χ0) is 25.9. The molecule has 0 aromatic heterocycles. The molecule has 9 heteroatoms. The fourth-order valence-electron chi connectivity index (χ4n) is 3.07. The van der Waals surface area contributed by atoms with E-state index in [4.69, 9.17) is 0 Å². The van der Waals surface area contributed by atoms with Crippen LogP contribution < -0.4 is 15.6 Å². The standard InChI is InChI=1S/C27H25N5O4/c1-31(2)23-15-13-21(14-16-23)19-25(29-26(33)22-10-4-3-5-11-22)27(34)30-28-17-7-9-20-8-6-12-24(18-20)32(35)36/h3-19H,1-2H3,(H,29,33)(H,30,34). The van der Waals surface area contributed by atoms with Crippen LogP contribution in [-0.4, -0.2) is 37.0 Å². The van der Waals surface area contributed by atoms with E-state index in [9.17, 15) is 19.7 Å². The quantitative estimate of drug-likeness (QED) is 0.204. The van der Waals surface area contributed by atoms with Gasteiger partial charge in [-0.2, -0.15) is 5.10 Å². The molecule has 2 amide bonds. The number of non-ortho nitro benzene ring substituents is 1. The largest absolute Gasteiger partial charge is 0.378 e. The molecule has 0 spiro atoms. The van der Waals surface area contributed by atoms with E-state index in [-0.39, 0.29) is 11.4 Å². The van der Waals surface area contributed by atoms with E-state index in [1.54, 1.807) is 54.6 Å². The highest BCUT2D eigenvalue weighted by Crippen LogP contribution is 2.15. The lowest BCUT2D eigenvalue weighted by Crippen LogP contribution is -2.32. The third-order valence-corrected chi connectivity index (χ3v) is 4.95. The minimum Gasteiger partial charge on any atom is -0.378 e. The molecular formula is C27H25N5O4. The smallest absolute Gasteiger partial charge is 0.287 e. The maximum Gasteiger partial charge on any atom is 0.287 e. The number of benzene rings is 3. The minimum absolute atomic E-state index is 0.0151. The van der Waals surface area contributed by atoms with Gasteiger partial charge >= 0.3 is 0 Å². The number of hydrogen-bond donors (Lipinski definition) is 2. The fourth-order valence-corrected chi connectivity index (χ4v) is 3.07. The Labute approximate surface area is 208 Å². The number of carbonyl (C=O) groups excluding carboxylic acids is 2. The number of carbonyl (C=O) groups is 2. The number of amides is 2. The SMILES string of the molecule is CN(C)c1ccc(C=C(NC(=O)c2ccccc2)C(=O)NN=CC=Cc2cccc([N+](=O)[O-])c2)cc1. The van der Waals surface area contributed by atoms with Gasteiger partial charge in [-0.1, -0.05) is 48.5 Å². The summed E-state index contributed by atoms with van der Waals surface area (Å²) in [5, 5.41) is 17.4. The number of nitrogens with zero attached hydrogens (tertiary/aromatic N) is 3. The Morgan fingerprint density at radius 1 is 0.944 bits per heavy atom. The van der Waals surface area contributed by atoms with Gasteiger partial charge in [0.2, 0.25) is 0 Å². The van der Waals surface area contributed by atoms with Gasteiger partial charge < -0.3 is 10.2 Å². The van der Waals surface area contributed by atoms with E-state index in [2.05, 4.69) is 15.8 Å². The summed E-state index contributed by atoms with van der Waals surface area (Å²) in [4.78, 5) is 37.9. The number of hydrazone groups is 1. The molecule has 0 atom stereocenters. The van der Waals surface area contributed by atoms with Crippen LogP contribution in [0.4, 0.5) is 11.4 Å². The third-order valence-electron chi connectivity index (χ3n) is 4.95. The molecule has 36 heavy (non-hydrogen) atoms. The molecule has 0 fully saturated rings. The van der Waals surface area contributed by atoms with Gasteiger partial charge in [0, 0.05) is 43.7 Å². The lowest BCUT2D eigenvalue weighted by Gasteiger charge is -2.12. The molecule has 3 rings (SSSR count). The summed E-state index contributed by atoms with van der Waals surface area (Å²) >= 11 is 0. The molecule has 0 radical (unpaired) electrons. The molecule has 9 nitrogen and oxygen atoms in total. The van der Waals surface area contributed by atoms with E-state index >= 15 is 0 Å². The fraction of sp³-hybridized carbons (Fsp3) is 0.0741. The molecule has 0 bridgehead atoms. The number of anilines is 1. The first-order valence-corrected chi connectivity index (χ1v) is 10.9. The summed E-state index contributed by atoms with van der Waals surface area (Å²) in [7, 11) is 3.85. The second kappa shape index (κ2) is 12.4. The third kappa shape index (κ3) is 7.49. The molecule has 3 aromatic rings. The Morgan fingerprint density at radius 3 is 2.33 bits per heavy atom. The molecule has 0 unspecified atom stereocenters. The average molecular weight is 484 g/mol. The maximum atomic E-state index is 12.8. The lowest BCUT2D eigenvalue weighted by molar-refractivity contribution is -0.384. The molecule has 3 aromatic carbocycles. The molecule has 0 saturated heterocycles. The van der Waals surface area contributed by atoms with Crippen LogP contribution in [0, 0.1) is 10.1 Å². The van der Waals surface area contributed by atoms with E-state index in [1.807, 2.05) is 43.3 Å². The molecule has 0 aliphatic heterocycles. The monoisotopic (exact) mass is 483 g/mol. The van der Waals surface area contributed by atoms with Crippen molar-refractivity contribution < 1.29 is 14.5 Å². The van der Waals surface area contributed by atoms with Crippen LogP contribution in [0.15, 0.2) is 95.7 Å². The molecule has 0 heterocycles. The normalized spacial score (nSPS) is 11.4. The minimum atomic E-state index is -0.615. The maximum absolute atomic E-state index is 12.8. The first-order valence-electron chi connectivity index (χ1n) is 10.9. The van der Waals surface area contributed by atoms with Crippen LogP contribution in [0.25, 0.3) is 12.2 Å². The van der Waals surface area contributed by atoms with Crippen molar-refractivity contribution in [1.29, 1.82) is 0 Å². The molecule has 0 aliphatic carbocycles. The van der Waals surface area contributed by atoms with Crippen molar-refractivity contribution in [3.05, 3.63) is 117 Å². The second-order valence-electron chi connectivity index (χ2n) is 7.79. The summed E-state index contributed by atoms with van der Waals surface area (Å²) in [6.45, 7) is 0. The summed E-state index contributed by atoms with van der Waals surface area (Å²) in [6, 6.07) is 22.1. The average Bonchev–Trinajstić information content (AvgIpc) is 2.89. The summed E-state index contributed by atoms with van der Waals surface area (Å²) in [6.07, 6.45) is 6.04. The Morgan fingerprint density at radius 2 is 1.67 bits per heavy atom. The predicted molar refractivity (Wildman–Crippen MR) is 141 cm³/mol. The van der Waals surface area contributed by atoms with Crippen molar-refractivity contribution in [3.63, 3.8) is 0 Å². The lowest BCUT2D eigenvalue weighted by atomic mass is 10.1. The van der Waals surface area contributed by atoms with Gasteiger partial charge in [-0.05, 0) is 47.5 Å². The molecule has 0 aliphatic rings. The van der Waals surface area contributed by atoms with Crippen molar-refractivity contribution in [2.75, 3.05) is 19.0 Å². The van der Waals surface area contributed by atoms with Gasteiger partial charge in [-0.25, -0.2) is 5.43 Å². The predicted octanol–water partition coefficient (Wildman–Crippen LogP) is 4.25. The van der Waals surface area contributed by atoms with E-state index < -0.39 is 16.7 Å². The van der Waals surface area contributed by atoms with Crippen molar-refractivity contribution in [1.82, 2.24) is 10.7 Å². The number of nitrogens with one attached hydrogen (secondary N) is 2. The van der Waals surface area contributed by atoms with Crippen molar-refractivity contribution in [2.24, 2.45) is 5.10 Å². The zero-order valence-corrected chi connectivity index (χ0v) is 19.8. The van der Waals surface area contributed by atoms with Crippen molar-refractivity contribution >= 4 is 41.6 Å². The van der Waals surface area contributed by atoms with Gasteiger partial charge in [0.05, 0.1) is 4.92 Å². The van der Waals surface area contributed by atoms with Crippen LogP contribution in [0.5, 0.6) is 0 Å². The Bertz CT molecular complexity index is 1310. The Balaban J connectivity index is 1.74. The Hall–Kier alpha value is -5.05. The highest BCUT2D eigenvalue weighted by atomic mass is 16.6. The van der Waals surface area contributed by atoms with Crippen molar-refractivity contribution in [2.45, 2.75) is 0 Å². The summed E-state index contributed by atoms with van der Waals surface area (Å²) < 4.78 is 0. The zero-order valence-electron chi connectivity index (χ0n) is 19.8. The first kappa shape index (κ1) is 25.6. The first-order chi connectivity index (χ1) is 17.3. The molecule has 0 saturated carbocycles. The van der Waals surface area contributed by atoms with Crippen LogP contribution in [-0.2, 0) is 4.79 Å². The highest BCUT2D eigenvalue weighted by molar-refractivity contribution is 6.05. The van der Waals surface area contributed by atoms with Crippen LogP contribution in [0.1, 0.15) is 21.5 Å². The molecule has 2 N–H and O–H groups in total. The van der Waals surface area contributed by atoms with E-state index in [1.165, 1.54) is 24.4 Å². The van der Waals surface area contributed by atoms with Gasteiger partial charge in [0.25, 0.3) is 17.5 Å². The second-order valence-corrected chi connectivity index (χ2v) is 7.79. The highest BCUT2D eigenvalue weighted by Gasteiger charge is 2.14. The van der Waals surface area contributed by atoms with Gasteiger partial charge in [0.1, 0.15) is 5.70 Å². The number of nitro groups is 1. The van der Waals surface area contributed by atoms with Crippen molar-refractivity contribution in [3.8, 4) is 0 Å². The number of rotatable bonds is 9.